The maximum Gasteiger partial charge on any atom is 0.156 e. The Morgan fingerprint density at radius 1 is 1.04 bits per heavy atom. The van der Waals surface area contributed by atoms with Gasteiger partial charge in [0.1, 0.15) is 5.78 Å². The highest BCUT2D eigenvalue weighted by molar-refractivity contribution is 5.92. The zero-order chi connectivity index (χ0) is 17.1. The molecule has 0 spiro atoms. The van der Waals surface area contributed by atoms with E-state index in [2.05, 4.69) is 26.8 Å². The summed E-state index contributed by atoms with van der Waals surface area (Å²) in [5.41, 5.74) is 2.81. The van der Waals surface area contributed by atoms with Gasteiger partial charge in [0, 0.05) is 18.3 Å². The van der Waals surface area contributed by atoms with Crippen molar-refractivity contribution in [3.05, 3.63) is 23.3 Å². The van der Waals surface area contributed by atoms with Crippen LogP contribution < -0.4 is 0 Å². The zero-order valence-corrected chi connectivity index (χ0v) is 15.4. The van der Waals surface area contributed by atoms with Crippen LogP contribution in [0.4, 0.5) is 0 Å². The van der Waals surface area contributed by atoms with E-state index in [0.29, 0.717) is 35.7 Å². The summed E-state index contributed by atoms with van der Waals surface area (Å²) in [6, 6.07) is 0. The van der Waals surface area contributed by atoms with Gasteiger partial charge in [0.2, 0.25) is 0 Å². The Balaban J connectivity index is 1.82. The molecule has 0 aromatic heterocycles. The molecular formula is C22H30O2. The number of rotatable bonds is 2. The number of fused-ring (bicyclic) bond motifs is 5. The van der Waals surface area contributed by atoms with Gasteiger partial charge in [-0.3, -0.25) is 9.59 Å². The van der Waals surface area contributed by atoms with Crippen LogP contribution in [0.1, 0.15) is 72.1 Å². The molecule has 0 aromatic carbocycles. The van der Waals surface area contributed by atoms with E-state index in [0.717, 1.165) is 44.9 Å². The molecule has 2 saturated carbocycles. The van der Waals surface area contributed by atoms with Crippen LogP contribution in [0.5, 0.6) is 0 Å². The fraction of sp³-hybridized carbons (Fsp3) is 0.727. The number of hydrogen-bond acceptors (Lipinski definition) is 2. The van der Waals surface area contributed by atoms with Gasteiger partial charge in [-0.15, -0.1) is 0 Å². The van der Waals surface area contributed by atoms with Crippen molar-refractivity contribution < 1.29 is 9.59 Å². The summed E-state index contributed by atoms with van der Waals surface area (Å²) >= 11 is 0. The lowest BCUT2D eigenvalue weighted by Gasteiger charge is -2.55. The average molecular weight is 326 g/mol. The van der Waals surface area contributed by atoms with Crippen molar-refractivity contribution in [3.63, 3.8) is 0 Å². The molecule has 0 bridgehead atoms. The Morgan fingerprint density at radius 2 is 1.79 bits per heavy atom. The monoisotopic (exact) mass is 326 g/mol. The number of carbonyl (C=O) groups excluding carboxylic acids is 2. The van der Waals surface area contributed by atoms with Gasteiger partial charge in [-0.1, -0.05) is 33.3 Å². The van der Waals surface area contributed by atoms with Crippen LogP contribution in [0.3, 0.4) is 0 Å². The highest BCUT2D eigenvalue weighted by Crippen LogP contribution is 2.64. The average Bonchev–Trinajstić information content (AvgIpc) is 2.85. The standard InChI is InChI=1S/C22H30O2/c1-4-5-14-12-16-17-6-7-20(24)22(17,3)11-9-18(16)21(2)10-8-15(23)13-19(14)21/h12-13,16-18H,4-11H2,1-3H3/t16-,17-,18-,21+,22-/m0/s1. The minimum Gasteiger partial charge on any atom is -0.299 e. The van der Waals surface area contributed by atoms with Crippen LogP contribution in [0.25, 0.3) is 0 Å². The molecule has 5 atom stereocenters. The lowest BCUT2D eigenvalue weighted by molar-refractivity contribution is -0.130. The first kappa shape index (κ1) is 16.3. The van der Waals surface area contributed by atoms with Crippen molar-refractivity contribution in [2.75, 3.05) is 0 Å². The van der Waals surface area contributed by atoms with Crippen molar-refractivity contribution >= 4 is 11.6 Å². The van der Waals surface area contributed by atoms with Crippen molar-refractivity contribution in [2.24, 2.45) is 28.6 Å². The Morgan fingerprint density at radius 3 is 2.54 bits per heavy atom. The molecule has 0 radical (unpaired) electrons. The molecule has 4 rings (SSSR count). The highest BCUT2D eigenvalue weighted by atomic mass is 16.1. The maximum absolute atomic E-state index is 12.5. The van der Waals surface area contributed by atoms with E-state index in [4.69, 9.17) is 0 Å². The first-order chi connectivity index (χ1) is 11.4. The van der Waals surface area contributed by atoms with E-state index in [1.54, 1.807) is 0 Å². The largest absolute Gasteiger partial charge is 0.299 e. The summed E-state index contributed by atoms with van der Waals surface area (Å²) < 4.78 is 0. The summed E-state index contributed by atoms with van der Waals surface area (Å²) in [6.45, 7) is 6.86. The zero-order valence-electron chi connectivity index (χ0n) is 15.4. The van der Waals surface area contributed by atoms with Gasteiger partial charge in [-0.25, -0.2) is 0 Å². The molecule has 4 aliphatic carbocycles. The minimum atomic E-state index is -0.0863. The van der Waals surface area contributed by atoms with Crippen LogP contribution in [-0.4, -0.2) is 11.6 Å². The first-order valence-corrected chi connectivity index (χ1v) is 9.89. The summed E-state index contributed by atoms with van der Waals surface area (Å²) in [5, 5.41) is 0. The number of hydrogen-bond donors (Lipinski definition) is 0. The predicted molar refractivity (Wildman–Crippen MR) is 95.5 cm³/mol. The maximum atomic E-state index is 12.5. The SMILES string of the molecule is CCCC1=C[C@@H]2[C@H](CC[C@]3(C)C(=O)CC[C@@H]23)[C@@]2(C)CCC(=O)C=C12. The number of Topliss-reactive ketones (excluding diaryl/α,β-unsaturated/α-hetero) is 1. The van der Waals surface area contributed by atoms with E-state index in [-0.39, 0.29) is 10.8 Å². The molecule has 2 heteroatoms. The van der Waals surface area contributed by atoms with Gasteiger partial charge in [-0.05, 0) is 72.5 Å². The summed E-state index contributed by atoms with van der Waals surface area (Å²) in [7, 11) is 0. The van der Waals surface area contributed by atoms with E-state index >= 15 is 0 Å². The van der Waals surface area contributed by atoms with E-state index in [1.807, 2.05) is 6.08 Å². The molecular weight excluding hydrogens is 296 g/mol. The topological polar surface area (TPSA) is 34.1 Å². The molecule has 0 unspecified atom stereocenters. The molecule has 0 aromatic rings. The van der Waals surface area contributed by atoms with E-state index < -0.39 is 0 Å². The minimum absolute atomic E-state index is 0.0863. The Kier molecular flexibility index (Phi) is 3.67. The normalized spacial score (nSPS) is 44.4. The Hall–Kier alpha value is -1.18. The summed E-state index contributed by atoms with van der Waals surface area (Å²) in [5.74, 6) is 2.47. The van der Waals surface area contributed by atoms with Crippen LogP contribution in [-0.2, 0) is 9.59 Å². The lowest BCUT2D eigenvalue weighted by atomic mass is 9.48. The number of allylic oxidation sites excluding steroid dienone is 4. The second-order valence-corrected chi connectivity index (χ2v) is 9.09. The van der Waals surface area contributed by atoms with E-state index in [1.165, 1.54) is 11.1 Å². The molecule has 0 heterocycles. The summed E-state index contributed by atoms with van der Waals surface area (Å²) in [4.78, 5) is 24.6. The molecule has 24 heavy (non-hydrogen) atoms. The van der Waals surface area contributed by atoms with Crippen molar-refractivity contribution in [3.8, 4) is 0 Å². The number of carbonyl (C=O) groups is 2. The second kappa shape index (κ2) is 5.41. The second-order valence-electron chi connectivity index (χ2n) is 9.09. The van der Waals surface area contributed by atoms with E-state index in [9.17, 15) is 9.59 Å². The molecule has 4 aliphatic rings. The van der Waals surface area contributed by atoms with Crippen LogP contribution in [0, 0.1) is 28.6 Å². The fourth-order valence-electron chi connectivity index (χ4n) is 6.51. The van der Waals surface area contributed by atoms with Gasteiger partial charge in [0.25, 0.3) is 0 Å². The molecule has 0 aliphatic heterocycles. The van der Waals surface area contributed by atoms with Crippen molar-refractivity contribution in [1.82, 2.24) is 0 Å². The predicted octanol–water partition coefficient (Wildman–Crippen LogP) is 5.03. The Labute approximate surface area is 145 Å². The molecule has 130 valence electrons. The molecule has 0 amide bonds. The number of ketones is 2. The Bertz CT molecular complexity index is 655. The quantitative estimate of drug-likeness (QED) is 0.713. The third kappa shape index (κ3) is 2.07. The van der Waals surface area contributed by atoms with Gasteiger partial charge < -0.3 is 0 Å². The molecule has 0 saturated heterocycles. The molecule has 0 N–H and O–H groups in total. The van der Waals surface area contributed by atoms with Gasteiger partial charge in [0.15, 0.2) is 5.78 Å². The molecule has 2 nitrogen and oxygen atoms in total. The first-order valence-electron chi connectivity index (χ1n) is 9.89. The summed E-state index contributed by atoms with van der Waals surface area (Å²) in [6.07, 6.45) is 12.4. The van der Waals surface area contributed by atoms with Crippen LogP contribution in [0.2, 0.25) is 0 Å². The van der Waals surface area contributed by atoms with Gasteiger partial charge in [0.05, 0.1) is 0 Å². The third-order valence-electron chi connectivity index (χ3n) is 7.93. The third-order valence-corrected chi connectivity index (χ3v) is 7.93. The fourth-order valence-corrected chi connectivity index (χ4v) is 6.51. The highest BCUT2D eigenvalue weighted by Gasteiger charge is 2.58. The van der Waals surface area contributed by atoms with Crippen molar-refractivity contribution in [1.29, 1.82) is 0 Å². The van der Waals surface area contributed by atoms with Crippen LogP contribution >= 0.6 is 0 Å². The van der Waals surface area contributed by atoms with Gasteiger partial charge >= 0.3 is 0 Å². The van der Waals surface area contributed by atoms with Crippen LogP contribution in [0.15, 0.2) is 23.3 Å². The van der Waals surface area contributed by atoms with Crippen molar-refractivity contribution in [2.45, 2.75) is 72.1 Å². The van der Waals surface area contributed by atoms with Gasteiger partial charge in [-0.2, -0.15) is 0 Å². The molecule has 2 fully saturated rings. The smallest absolute Gasteiger partial charge is 0.156 e. The lowest BCUT2D eigenvalue weighted by Crippen LogP contribution is -2.49.